The average molecular weight is 569 g/mol. The molecule has 8 heteroatoms. The van der Waals surface area contributed by atoms with E-state index < -0.39 is 6.04 Å². The number of rotatable bonds is 8. The van der Waals surface area contributed by atoms with Gasteiger partial charge in [0.25, 0.3) is 5.91 Å². The van der Waals surface area contributed by atoms with Crippen molar-refractivity contribution in [1.82, 2.24) is 15.1 Å². The molecule has 3 amide bonds. The number of hydrogen-bond acceptors (Lipinski definition) is 5. The van der Waals surface area contributed by atoms with Crippen LogP contribution in [0.1, 0.15) is 53.7 Å². The van der Waals surface area contributed by atoms with Crippen molar-refractivity contribution in [3.63, 3.8) is 0 Å². The van der Waals surface area contributed by atoms with Gasteiger partial charge in [0, 0.05) is 25.7 Å². The summed E-state index contributed by atoms with van der Waals surface area (Å²) in [5.74, 6) is 0.0895. The van der Waals surface area contributed by atoms with E-state index in [0.717, 1.165) is 49.4 Å². The minimum atomic E-state index is -0.792. The summed E-state index contributed by atoms with van der Waals surface area (Å²) in [6.07, 6.45) is 1.67. The van der Waals surface area contributed by atoms with E-state index in [4.69, 9.17) is 4.74 Å². The van der Waals surface area contributed by atoms with E-state index in [-0.39, 0.29) is 36.2 Å². The molecule has 0 aliphatic carbocycles. The second kappa shape index (κ2) is 12.8. The standard InChI is InChI=1S/C34H40N4O4/c1-22(2)31(33(40)35-26-15-17-37(18-16-26)20-25-11-6-5-7-12-25)38-21-30(39)36-29-14-13-27(19-28(29)34(38)41)42-32-23(3)9-8-10-24(32)4/h5-14,19,22,26,31H,15-18,20-21H2,1-4H3,(H,35,40)(H,36,39)/t31-/m1/s1. The molecule has 2 heterocycles. The van der Waals surface area contributed by atoms with Crippen molar-refractivity contribution in [1.29, 1.82) is 0 Å². The van der Waals surface area contributed by atoms with E-state index in [1.165, 1.54) is 10.5 Å². The lowest BCUT2D eigenvalue weighted by atomic mass is 9.98. The van der Waals surface area contributed by atoms with Crippen LogP contribution >= 0.6 is 0 Å². The smallest absolute Gasteiger partial charge is 0.257 e. The van der Waals surface area contributed by atoms with Gasteiger partial charge in [-0.05, 0) is 67.5 Å². The van der Waals surface area contributed by atoms with Crippen molar-refractivity contribution in [2.75, 3.05) is 25.0 Å². The molecule has 2 N–H and O–H groups in total. The lowest BCUT2D eigenvalue weighted by molar-refractivity contribution is -0.129. The van der Waals surface area contributed by atoms with Crippen LogP contribution in [0.25, 0.3) is 0 Å². The zero-order chi connectivity index (χ0) is 29.8. The highest BCUT2D eigenvalue weighted by Gasteiger charge is 2.38. The number of anilines is 1. The van der Waals surface area contributed by atoms with Crippen molar-refractivity contribution < 1.29 is 19.1 Å². The molecule has 220 valence electrons. The molecule has 2 aliphatic rings. The van der Waals surface area contributed by atoms with Crippen molar-refractivity contribution in [3.05, 3.63) is 89.0 Å². The summed E-state index contributed by atoms with van der Waals surface area (Å²) in [7, 11) is 0. The Morgan fingerprint density at radius 3 is 2.33 bits per heavy atom. The van der Waals surface area contributed by atoms with Crippen LogP contribution in [-0.4, -0.2) is 59.2 Å². The number of hydrogen-bond donors (Lipinski definition) is 2. The Hall–Kier alpha value is -4.17. The molecular weight excluding hydrogens is 528 g/mol. The topological polar surface area (TPSA) is 91.0 Å². The monoisotopic (exact) mass is 568 g/mol. The molecule has 0 saturated carbocycles. The number of likely N-dealkylation sites (tertiary alicyclic amines) is 1. The summed E-state index contributed by atoms with van der Waals surface area (Å²) >= 11 is 0. The number of carbonyl (C=O) groups is 3. The van der Waals surface area contributed by atoms with Gasteiger partial charge in [-0.15, -0.1) is 0 Å². The molecule has 0 spiro atoms. The third-order valence-electron chi connectivity index (χ3n) is 8.12. The first-order chi connectivity index (χ1) is 20.2. The van der Waals surface area contributed by atoms with Gasteiger partial charge in [-0.2, -0.15) is 0 Å². The highest BCUT2D eigenvalue weighted by molar-refractivity contribution is 6.10. The predicted molar refractivity (Wildman–Crippen MR) is 164 cm³/mol. The van der Waals surface area contributed by atoms with Gasteiger partial charge >= 0.3 is 0 Å². The molecule has 3 aromatic rings. The minimum Gasteiger partial charge on any atom is -0.457 e. The van der Waals surface area contributed by atoms with Crippen molar-refractivity contribution >= 4 is 23.4 Å². The third-order valence-corrected chi connectivity index (χ3v) is 8.12. The molecule has 1 fully saturated rings. The van der Waals surface area contributed by atoms with Crippen LogP contribution in [0.5, 0.6) is 11.5 Å². The Kier molecular flexibility index (Phi) is 8.92. The SMILES string of the molecule is Cc1cccc(C)c1Oc1ccc2c(c1)C(=O)N([C@@H](C(=O)NC1CCN(Cc3ccccc3)CC1)C(C)C)CC(=O)N2. The molecule has 1 saturated heterocycles. The molecule has 1 atom stereocenters. The number of amides is 3. The van der Waals surface area contributed by atoms with Crippen LogP contribution in [0, 0.1) is 19.8 Å². The summed E-state index contributed by atoms with van der Waals surface area (Å²) in [6, 6.07) is 20.6. The van der Waals surface area contributed by atoms with E-state index in [9.17, 15) is 14.4 Å². The Bertz CT molecular complexity index is 1430. The number of nitrogens with one attached hydrogen (secondary N) is 2. The van der Waals surface area contributed by atoms with E-state index >= 15 is 0 Å². The van der Waals surface area contributed by atoms with Crippen LogP contribution in [0.3, 0.4) is 0 Å². The summed E-state index contributed by atoms with van der Waals surface area (Å²) in [5, 5.41) is 6.04. The van der Waals surface area contributed by atoms with Crippen LogP contribution < -0.4 is 15.4 Å². The quantitative estimate of drug-likeness (QED) is 0.385. The number of carbonyl (C=O) groups excluding carboxylic acids is 3. The van der Waals surface area contributed by atoms with Gasteiger partial charge < -0.3 is 20.3 Å². The molecule has 2 aliphatic heterocycles. The summed E-state index contributed by atoms with van der Waals surface area (Å²) in [4.78, 5) is 44.4. The molecule has 3 aromatic carbocycles. The van der Waals surface area contributed by atoms with Crippen LogP contribution in [-0.2, 0) is 16.1 Å². The molecule has 0 bridgehead atoms. The summed E-state index contributed by atoms with van der Waals surface area (Å²) in [6.45, 7) is 10.2. The average Bonchev–Trinajstić information content (AvgIpc) is 3.08. The Morgan fingerprint density at radius 1 is 0.976 bits per heavy atom. The van der Waals surface area contributed by atoms with Crippen molar-refractivity contribution in [2.24, 2.45) is 5.92 Å². The minimum absolute atomic E-state index is 0.0197. The van der Waals surface area contributed by atoms with Gasteiger partial charge in [-0.25, -0.2) is 0 Å². The van der Waals surface area contributed by atoms with Crippen LogP contribution in [0.15, 0.2) is 66.7 Å². The third kappa shape index (κ3) is 6.65. The van der Waals surface area contributed by atoms with Crippen LogP contribution in [0.2, 0.25) is 0 Å². The van der Waals surface area contributed by atoms with E-state index in [1.807, 2.05) is 52.0 Å². The van der Waals surface area contributed by atoms with Crippen molar-refractivity contribution in [2.45, 2.75) is 59.2 Å². The number of aryl methyl sites for hydroxylation is 2. The predicted octanol–water partition coefficient (Wildman–Crippen LogP) is 5.30. The number of benzene rings is 3. The van der Waals surface area contributed by atoms with Gasteiger partial charge in [0.05, 0.1) is 11.3 Å². The first kappa shape index (κ1) is 29.3. The number of nitrogens with zero attached hydrogens (tertiary/aromatic N) is 2. The van der Waals surface area contributed by atoms with Gasteiger partial charge in [-0.3, -0.25) is 19.3 Å². The Morgan fingerprint density at radius 2 is 1.67 bits per heavy atom. The van der Waals surface area contributed by atoms with Gasteiger partial charge in [0.15, 0.2) is 0 Å². The van der Waals surface area contributed by atoms with E-state index in [1.54, 1.807) is 18.2 Å². The van der Waals surface area contributed by atoms with E-state index in [2.05, 4.69) is 39.8 Å². The Balaban J connectivity index is 1.30. The largest absolute Gasteiger partial charge is 0.457 e. The molecular formula is C34H40N4O4. The maximum Gasteiger partial charge on any atom is 0.257 e. The second-order valence-corrected chi connectivity index (χ2v) is 11.7. The highest BCUT2D eigenvalue weighted by Crippen LogP contribution is 2.33. The van der Waals surface area contributed by atoms with Gasteiger partial charge in [-0.1, -0.05) is 62.4 Å². The lowest BCUT2D eigenvalue weighted by Gasteiger charge is -2.36. The zero-order valence-corrected chi connectivity index (χ0v) is 24.9. The normalized spacial score (nSPS) is 16.9. The number of piperidine rings is 1. The first-order valence-corrected chi connectivity index (χ1v) is 14.7. The van der Waals surface area contributed by atoms with Crippen molar-refractivity contribution in [3.8, 4) is 11.5 Å². The molecule has 0 unspecified atom stereocenters. The molecule has 8 nitrogen and oxygen atoms in total. The maximum absolute atomic E-state index is 14.0. The molecule has 0 aromatic heterocycles. The molecule has 42 heavy (non-hydrogen) atoms. The lowest BCUT2D eigenvalue weighted by Crippen LogP contribution is -2.56. The fourth-order valence-electron chi connectivity index (χ4n) is 5.91. The number of fused-ring (bicyclic) bond motifs is 1. The number of ether oxygens (including phenoxy) is 1. The zero-order valence-electron chi connectivity index (χ0n) is 24.9. The van der Waals surface area contributed by atoms with E-state index in [0.29, 0.717) is 17.0 Å². The summed E-state index contributed by atoms with van der Waals surface area (Å²) < 4.78 is 6.19. The van der Waals surface area contributed by atoms with Gasteiger partial charge in [0.1, 0.15) is 24.1 Å². The maximum atomic E-state index is 14.0. The highest BCUT2D eigenvalue weighted by atomic mass is 16.5. The van der Waals surface area contributed by atoms with Crippen LogP contribution in [0.4, 0.5) is 5.69 Å². The first-order valence-electron chi connectivity index (χ1n) is 14.7. The van der Waals surface area contributed by atoms with Gasteiger partial charge in [0.2, 0.25) is 11.8 Å². The molecule has 0 radical (unpaired) electrons. The fourth-order valence-corrected chi connectivity index (χ4v) is 5.91. The molecule has 5 rings (SSSR count). The fraction of sp³-hybridized carbons (Fsp3) is 0.382. The Labute approximate surface area is 248 Å². The summed E-state index contributed by atoms with van der Waals surface area (Å²) in [5.41, 5.74) is 3.95. The number of para-hydroxylation sites is 1. The second-order valence-electron chi connectivity index (χ2n) is 11.7.